The van der Waals surface area contributed by atoms with Gasteiger partial charge in [0.25, 0.3) is 5.91 Å². The minimum Gasteiger partial charge on any atom is -0.319 e. The van der Waals surface area contributed by atoms with Gasteiger partial charge >= 0.3 is 0 Å². The lowest BCUT2D eigenvalue weighted by atomic mass is 10.2. The summed E-state index contributed by atoms with van der Waals surface area (Å²) in [6.07, 6.45) is 1.24. The van der Waals surface area contributed by atoms with Crippen molar-refractivity contribution in [2.75, 3.05) is 16.8 Å². The van der Waals surface area contributed by atoms with Crippen LogP contribution in [0.1, 0.15) is 29.0 Å². The fourth-order valence-corrected chi connectivity index (χ4v) is 3.69. The van der Waals surface area contributed by atoms with E-state index >= 15 is 0 Å². The Morgan fingerprint density at radius 1 is 1.07 bits per heavy atom. The zero-order chi connectivity index (χ0) is 21.3. The van der Waals surface area contributed by atoms with Crippen molar-refractivity contribution in [1.29, 1.82) is 0 Å². The quantitative estimate of drug-likeness (QED) is 0.696. The summed E-state index contributed by atoms with van der Waals surface area (Å²) in [6, 6.07) is 15.4. The molecule has 4 rings (SSSR count). The maximum absolute atomic E-state index is 12.9. The molecule has 1 N–H and O–H groups in total. The van der Waals surface area contributed by atoms with Gasteiger partial charge in [-0.15, -0.1) is 0 Å². The molecule has 0 saturated carbocycles. The monoisotopic (exact) mass is 422 g/mol. The van der Waals surface area contributed by atoms with Gasteiger partial charge in [0.2, 0.25) is 11.3 Å². The lowest BCUT2D eigenvalue weighted by Crippen LogP contribution is -2.29. The lowest BCUT2D eigenvalue weighted by Gasteiger charge is -2.20. The normalized spacial score (nSPS) is 13.5. The van der Waals surface area contributed by atoms with Crippen molar-refractivity contribution in [3.8, 4) is 5.69 Å². The standard InChI is InChI=1S/C22H19ClN4O3/c1-14-13-19(28)21(25-27(14)17-9-4-2-7-15(17)23)22(30)24-16-8-3-5-10-18(16)26-12-6-11-20(26)29/h2-5,7-10,13H,6,11-12H2,1H3,(H,24,30). The Bertz CT molecular complexity index is 1200. The molecule has 1 saturated heterocycles. The topological polar surface area (TPSA) is 84.3 Å². The molecule has 1 aliphatic heterocycles. The Morgan fingerprint density at radius 2 is 1.77 bits per heavy atom. The van der Waals surface area contributed by atoms with Crippen LogP contribution in [-0.4, -0.2) is 28.1 Å². The van der Waals surface area contributed by atoms with E-state index in [1.807, 2.05) is 0 Å². The first-order valence-electron chi connectivity index (χ1n) is 9.52. The number of amides is 2. The van der Waals surface area contributed by atoms with E-state index in [1.165, 1.54) is 10.7 Å². The van der Waals surface area contributed by atoms with E-state index in [-0.39, 0.29) is 11.6 Å². The van der Waals surface area contributed by atoms with Crippen LogP contribution in [0.4, 0.5) is 11.4 Å². The maximum Gasteiger partial charge on any atom is 0.280 e. The van der Waals surface area contributed by atoms with Gasteiger partial charge in [0.1, 0.15) is 0 Å². The predicted molar refractivity (Wildman–Crippen MR) is 116 cm³/mol. The van der Waals surface area contributed by atoms with Crippen LogP contribution in [0.25, 0.3) is 5.69 Å². The number of rotatable bonds is 4. The summed E-state index contributed by atoms with van der Waals surface area (Å²) < 4.78 is 1.47. The Balaban J connectivity index is 1.70. The van der Waals surface area contributed by atoms with Gasteiger partial charge in [-0.3, -0.25) is 14.4 Å². The smallest absolute Gasteiger partial charge is 0.280 e. The number of aryl methyl sites for hydroxylation is 1. The summed E-state index contributed by atoms with van der Waals surface area (Å²) >= 11 is 6.26. The predicted octanol–water partition coefficient (Wildman–Crippen LogP) is 3.57. The van der Waals surface area contributed by atoms with Crippen LogP contribution >= 0.6 is 11.6 Å². The van der Waals surface area contributed by atoms with Gasteiger partial charge in [0.05, 0.1) is 22.1 Å². The lowest BCUT2D eigenvalue weighted by molar-refractivity contribution is -0.117. The van der Waals surface area contributed by atoms with Gasteiger partial charge in [0.15, 0.2) is 5.69 Å². The van der Waals surface area contributed by atoms with Gasteiger partial charge < -0.3 is 10.2 Å². The summed E-state index contributed by atoms with van der Waals surface area (Å²) in [4.78, 5) is 39.2. The van der Waals surface area contributed by atoms with Gasteiger partial charge in [-0.2, -0.15) is 5.10 Å². The van der Waals surface area contributed by atoms with Crippen LogP contribution < -0.4 is 15.6 Å². The molecule has 8 heteroatoms. The molecule has 1 aliphatic rings. The molecule has 2 aromatic carbocycles. The van der Waals surface area contributed by atoms with Crippen molar-refractivity contribution in [3.05, 3.63) is 81.2 Å². The van der Waals surface area contributed by atoms with Gasteiger partial charge in [-0.1, -0.05) is 35.9 Å². The SMILES string of the molecule is Cc1cc(=O)c(C(=O)Nc2ccccc2N2CCCC2=O)nn1-c1ccccc1Cl. The van der Waals surface area contributed by atoms with E-state index in [4.69, 9.17) is 11.6 Å². The molecule has 1 aromatic heterocycles. The molecule has 0 aliphatic carbocycles. The molecule has 2 amide bonds. The Kier molecular flexibility index (Phi) is 5.37. The molecular formula is C22H19ClN4O3. The number of aromatic nitrogens is 2. The van der Waals surface area contributed by atoms with Crippen LogP contribution in [-0.2, 0) is 4.79 Å². The van der Waals surface area contributed by atoms with Gasteiger partial charge in [-0.05, 0) is 37.6 Å². The zero-order valence-corrected chi connectivity index (χ0v) is 17.0. The van der Waals surface area contributed by atoms with Crippen molar-refractivity contribution in [3.63, 3.8) is 0 Å². The summed E-state index contributed by atoms with van der Waals surface area (Å²) in [6.45, 7) is 2.31. The van der Waals surface area contributed by atoms with E-state index in [2.05, 4.69) is 10.4 Å². The molecule has 0 bridgehead atoms. The zero-order valence-electron chi connectivity index (χ0n) is 16.3. The molecule has 152 valence electrons. The fraction of sp³-hybridized carbons (Fsp3) is 0.182. The first kappa shape index (κ1) is 19.8. The van der Waals surface area contributed by atoms with Gasteiger partial charge in [0, 0.05) is 24.7 Å². The third-order valence-electron chi connectivity index (χ3n) is 4.92. The second-order valence-electron chi connectivity index (χ2n) is 6.98. The molecule has 3 aromatic rings. The Hall–Kier alpha value is -3.45. The highest BCUT2D eigenvalue weighted by atomic mass is 35.5. The minimum absolute atomic E-state index is 0.00577. The molecule has 0 spiro atoms. The van der Waals surface area contributed by atoms with E-state index in [0.717, 1.165) is 6.42 Å². The number of nitrogens with zero attached hydrogens (tertiary/aromatic N) is 3. The first-order valence-corrected chi connectivity index (χ1v) is 9.90. The maximum atomic E-state index is 12.9. The molecule has 0 unspecified atom stereocenters. The van der Waals surface area contributed by atoms with Crippen molar-refractivity contribution in [2.24, 2.45) is 0 Å². The molecule has 2 heterocycles. The second kappa shape index (κ2) is 8.12. The Labute approximate surface area is 177 Å². The average molecular weight is 423 g/mol. The van der Waals surface area contributed by atoms with Crippen LogP contribution in [0.15, 0.2) is 59.4 Å². The van der Waals surface area contributed by atoms with Crippen LogP contribution in [0.3, 0.4) is 0 Å². The molecule has 1 fully saturated rings. The number of hydrogen-bond acceptors (Lipinski definition) is 4. The Morgan fingerprint density at radius 3 is 2.47 bits per heavy atom. The highest BCUT2D eigenvalue weighted by Crippen LogP contribution is 2.29. The third kappa shape index (κ3) is 3.71. The molecule has 0 radical (unpaired) electrons. The fourth-order valence-electron chi connectivity index (χ4n) is 3.47. The van der Waals surface area contributed by atoms with E-state index in [9.17, 15) is 14.4 Å². The molecule has 7 nitrogen and oxygen atoms in total. The van der Waals surface area contributed by atoms with Crippen molar-refractivity contribution >= 4 is 34.8 Å². The minimum atomic E-state index is -0.653. The number of halogens is 1. The third-order valence-corrected chi connectivity index (χ3v) is 5.24. The largest absolute Gasteiger partial charge is 0.319 e. The molecule has 30 heavy (non-hydrogen) atoms. The number of para-hydroxylation sites is 3. The van der Waals surface area contributed by atoms with E-state index in [1.54, 1.807) is 60.4 Å². The van der Waals surface area contributed by atoms with Crippen LogP contribution in [0.2, 0.25) is 5.02 Å². The number of hydrogen-bond donors (Lipinski definition) is 1. The summed E-state index contributed by atoms with van der Waals surface area (Å²) in [5, 5.41) is 7.45. The van der Waals surface area contributed by atoms with Gasteiger partial charge in [-0.25, -0.2) is 4.68 Å². The van der Waals surface area contributed by atoms with Crippen molar-refractivity contribution in [1.82, 2.24) is 9.78 Å². The van der Waals surface area contributed by atoms with E-state index in [0.29, 0.717) is 40.7 Å². The molecule has 0 atom stereocenters. The highest BCUT2D eigenvalue weighted by Gasteiger charge is 2.25. The number of carbonyl (C=O) groups is 2. The summed E-state index contributed by atoms with van der Waals surface area (Å²) in [5.41, 5.74) is 1.41. The summed E-state index contributed by atoms with van der Waals surface area (Å²) in [5.74, 6) is -0.647. The van der Waals surface area contributed by atoms with Crippen molar-refractivity contribution < 1.29 is 9.59 Å². The number of carbonyl (C=O) groups excluding carboxylic acids is 2. The van der Waals surface area contributed by atoms with E-state index < -0.39 is 11.3 Å². The summed E-state index contributed by atoms with van der Waals surface area (Å²) in [7, 11) is 0. The number of anilines is 2. The van der Waals surface area contributed by atoms with Crippen LogP contribution in [0, 0.1) is 6.92 Å². The highest BCUT2D eigenvalue weighted by molar-refractivity contribution is 6.32. The number of benzene rings is 2. The molecular weight excluding hydrogens is 404 g/mol. The average Bonchev–Trinajstić information content (AvgIpc) is 3.15. The second-order valence-corrected chi connectivity index (χ2v) is 7.39. The number of nitrogens with one attached hydrogen (secondary N) is 1. The van der Waals surface area contributed by atoms with Crippen LogP contribution in [0.5, 0.6) is 0 Å². The van der Waals surface area contributed by atoms with Crippen molar-refractivity contribution in [2.45, 2.75) is 19.8 Å². The first-order chi connectivity index (χ1) is 14.5.